The van der Waals surface area contributed by atoms with Crippen LogP contribution in [0.2, 0.25) is 0 Å². The molecule has 1 aromatic heterocycles. The predicted molar refractivity (Wildman–Crippen MR) is 141 cm³/mol. The zero-order valence-electron chi connectivity index (χ0n) is 19.5. The number of carbonyl (C=O) groups is 1. The molecule has 36 heavy (non-hydrogen) atoms. The number of aromatic carboxylic acids is 1. The summed E-state index contributed by atoms with van der Waals surface area (Å²) >= 11 is 0. The van der Waals surface area contributed by atoms with E-state index in [2.05, 4.69) is 22.8 Å². The maximum atomic E-state index is 13.5. The molecular weight excluding hydrogens is 455 g/mol. The van der Waals surface area contributed by atoms with Gasteiger partial charge in [0.1, 0.15) is 22.7 Å². The Bertz CT molecular complexity index is 1480. The predicted octanol–water partition coefficient (Wildman–Crippen LogP) is 6.81. The van der Waals surface area contributed by atoms with Crippen molar-refractivity contribution in [3.05, 3.63) is 114 Å². The lowest BCUT2D eigenvalue weighted by atomic mass is 9.99. The second kappa shape index (κ2) is 10.5. The van der Waals surface area contributed by atoms with Gasteiger partial charge in [-0.2, -0.15) is 0 Å². The van der Waals surface area contributed by atoms with Crippen LogP contribution in [-0.2, 0) is 6.54 Å². The van der Waals surface area contributed by atoms with E-state index in [0.29, 0.717) is 23.1 Å². The first-order valence-corrected chi connectivity index (χ1v) is 11.7. The Balaban J connectivity index is 1.48. The highest BCUT2D eigenvalue weighted by molar-refractivity contribution is 6.10. The monoisotopic (exact) mass is 480 g/mol. The van der Waals surface area contributed by atoms with Gasteiger partial charge in [0.25, 0.3) is 0 Å². The van der Waals surface area contributed by atoms with Crippen molar-refractivity contribution in [2.75, 3.05) is 18.4 Å². The minimum absolute atomic E-state index is 0.0601. The summed E-state index contributed by atoms with van der Waals surface area (Å²) in [7, 11) is 0. The average molecular weight is 481 g/mol. The van der Waals surface area contributed by atoms with Crippen molar-refractivity contribution in [2.24, 2.45) is 0 Å². The molecule has 5 aromatic rings. The minimum Gasteiger partial charge on any atom is -0.478 e. The van der Waals surface area contributed by atoms with E-state index in [1.807, 2.05) is 60.7 Å². The lowest BCUT2D eigenvalue weighted by Crippen LogP contribution is -2.21. The van der Waals surface area contributed by atoms with Crippen LogP contribution in [0.25, 0.3) is 33.4 Å². The third kappa shape index (κ3) is 4.99. The van der Waals surface area contributed by atoms with Gasteiger partial charge in [-0.15, -0.1) is 0 Å². The zero-order chi connectivity index (χ0) is 24.9. The van der Waals surface area contributed by atoms with Crippen molar-refractivity contribution in [3.8, 4) is 22.5 Å². The molecule has 0 fully saturated rings. The number of hydrogen-bond donors (Lipinski definition) is 3. The van der Waals surface area contributed by atoms with Gasteiger partial charge in [0.2, 0.25) is 0 Å². The van der Waals surface area contributed by atoms with Crippen LogP contribution in [-0.4, -0.2) is 24.2 Å². The smallest absolute Gasteiger partial charge is 0.340 e. The third-order valence-corrected chi connectivity index (χ3v) is 6.02. The van der Waals surface area contributed by atoms with Gasteiger partial charge >= 0.3 is 5.97 Å². The van der Waals surface area contributed by atoms with Crippen LogP contribution in [0.5, 0.6) is 0 Å². The largest absolute Gasteiger partial charge is 0.478 e. The molecule has 0 saturated carbocycles. The number of anilines is 1. The number of benzene rings is 4. The van der Waals surface area contributed by atoms with Crippen molar-refractivity contribution >= 4 is 22.6 Å². The van der Waals surface area contributed by atoms with Gasteiger partial charge in [-0.05, 0) is 41.5 Å². The minimum atomic E-state index is -1.10. The number of halogens is 1. The average Bonchev–Trinajstić information content (AvgIpc) is 3.28. The third-order valence-electron chi connectivity index (χ3n) is 6.02. The molecule has 0 spiro atoms. The van der Waals surface area contributed by atoms with E-state index in [1.165, 1.54) is 29.8 Å². The van der Waals surface area contributed by atoms with Crippen LogP contribution in [0.4, 0.5) is 10.1 Å². The number of nitrogens with one attached hydrogen (secondary N) is 2. The second-order valence-electron chi connectivity index (χ2n) is 8.47. The van der Waals surface area contributed by atoms with E-state index in [4.69, 9.17) is 4.42 Å². The Labute approximate surface area is 208 Å². The summed E-state index contributed by atoms with van der Waals surface area (Å²) in [6.45, 7) is 2.17. The summed E-state index contributed by atoms with van der Waals surface area (Å²) in [5, 5.41) is 17.4. The van der Waals surface area contributed by atoms with Crippen LogP contribution in [0.1, 0.15) is 15.9 Å². The second-order valence-corrected chi connectivity index (χ2v) is 8.47. The van der Waals surface area contributed by atoms with Crippen molar-refractivity contribution < 1.29 is 18.7 Å². The Morgan fingerprint density at radius 1 is 0.833 bits per heavy atom. The molecule has 180 valence electrons. The summed E-state index contributed by atoms with van der Waals surface area (Å²) in [5.41, 5.74) is 4.91. The zero-order valence-corrected chi connectivity index (χ0v) is 19.5. The Morgan fingerprint density at radius 3 is 2.22 bits per heavy atom. The molecule has 6 heteroatoms. The highest BCUT2D eigenvalue weighted by Crippen LogP contribution is 2.39. The van der Waals surface area contributed by atoms with Crippen LogP contribution in [0.3, 0.4) is 0 Å². The molecule has 4 aromatic carbocycles. The molecule has 0 aliphatic rings. The lowest BCUT2D eigenvalue weighted by molar-refractivity contribution is 0.0699. The van der Waals surface area contributed by atoms with Crippen LogP contribution in [0, 0.1) is 5.82 Å². The molecule has 0 saturated heterocycles. The topological polar surface area (TPSA) is 74.5 Å². The molecule has 1 heterocycles. The molecule has 0 radical (unpaired) electrons. The molecule has 3 N–H and O–H groups in total. The quantitative estimate of drug-likeness (QED) is 0.202. The van der Waals surface area contributed by atoms with Gasteiger partial charge in [-0.25, -0.2) is 9.18 Å². The van der Waals surface area contributed by atoms with Crippen molar-refractivity contribution in [3.63, 3.8) is 0 Å². The van der Waals surface area contributed by atoms with E-state index < -0.39 is 11.8 Å². The first kappa shape index (κ1) is 23.3. The Morgan fingerprint density at radius 2 is 1.53 bits per heavy atom. The summed E-state index contributed by atoms with van der Waals surface area (Å²) in [6.07, 6.45) is 0. The molecular formula is C30H25FN2O3. The van der Waals surface area contributed by atoms with E-state index in [1.54, 1.807) is 0 Å². The highest BCUT2D eigenvalue weighted by atomic mass is 19.1. The van der Waals surface area contributed by atoms with Gasteiger partial charge in [-0.1, -0.05) is 60.7 Å². The van der Waals surface area contributed by atoms with Gasteiger partial charge in [0.05, 0.1) is 0 Å². The van der Waals surface area contributed by atoms with E-state index in [0.717, 1.165) is 29.9 Å². The fourth-order valence-corrected chi connectivity index (χ4v) is 4.28. The fourth-order valence-electron chi connectivity index (χ4n) is 4.28. The first-order valence-electron chi connectivity index (χ1n) is 11.7. The first-order chi connectivity index (χ1) is 17.6. The van der Waals surface area contributed by atoms with Crippen LogP contribution >= 0.6 is 0 Å². The molecule has 5 rings (SSSR count). The van der Waals surface area contributed by atoms with E-state index in [9.17, 15) is 14.3 Å². The summed E-state index contributed by atoms with van der Waals surface area (Å²) in [5.74, 6) is -1.29. The summed E-state index contributed by atoms with van der Waals surface area (Å²) < 4.78 is 19.5. The van der Waals surface area contributed by atoms with Gasteiger partial charge < -0.3 is 20.2 Å². The molecule has 0 atom stereocenters. The number of furan rings is 1. The number of carboxylic acid groups (broad SMARTS) is 1. The van der Waals surface area contributed by atoms with Crippen molar-refractivity contribution in [1.82, 2.24) is 5.32 Å². The molecule has 0 bridgehead atoms. The normalized spacial score (nSPS) is 11.0. The fraction of sp³-hybridized carbons (Fsp3) is 0.100. The molecule has 0 aliphatic carbocycles. The standard InChI is InChI=1S/C30H25FN2O3/c31-23-13-11-22(12-14-23)29-28(30(34)35)25-17-24(21-9-5-2-6-10-21)26(18-27(25)36-29)33-16-15-32-19-20-7-3-1-4-8-20/h1-14,17-18,32-33H,15-16,19H2,(H,34,35). The number of hydrogen-bond acceptors (Lipinski definition) is 4. The van der Waals surface area contributed by atoms with Gasteiger partial charge in [0, 0.05) is 47.9 Å². The van der Waals surface area contributed by atoms with E-state index in [-0.39, 0.29) is 11.3 Å². The highest BCUT2D eigenvalue weighted by Gasteiger charge is 2.23. The SMILES string of the molecule is O=C(O)c1c(-c2ccc(F)cc2)oc2cc(NCCNCc3ccccc3)c(-c3ccccc3)cc12. The molecule has 0 amide bonds. The molecule has 0 unspecified atom stereocenters. The maximum absolute atomic E-state index is 13.5. The molecule has 0 aliphatic heterocycles. The number of fused-ring (bicyclic) bond motifs is 1. The van der Waals surface area contributed by atoms with E-state index >= 15 is 0 Å². The van der Waals surface area contributed by atoms with Gasteiger partial charge in [-0.3, -0.25) is 0 Å². The van der Waals surface area contributed by atoms with Crippen LogP contribution < -0.4 is 10.6 Å². The Kier molecular flexibility index (Phi) is 6.78. The number of carboxylic acids is 1. The lowest BCUT2D eigenvalue weighted by Gasteiger charge is -2.13. The van der Waals surface area contributed by atoms with Crippen molar-refractivity contribution in [1.29, 1.82) is 0 Å². The number of rotatable bonds is 9. The Hall–Kier alpha value is -4.42. The van der Waals surface area contributed by atoms with Crippen LogP contribution in [0.15, 0.2) is 101 Å². The summed E-state index contributed by atoms with van der Waals surface area (Å²) in [4.78, 5) is 12.3. The van der Waals surface area contributed by atoms with Crippen molar-refractivity contribution in [2.45, 2.75) is 6.54 Å². The summed E-state index contributed by atoms with van der Waals surface area (Å²) in [6, 6.07) is 29.3. The molecule has 5 nitrogen and oxygen atoms in total. The van der Waals surface area contributed by atoms with Gasteiger partial charge in [0.15, 0.2) is 0 Å². The maximum Gasteiger partial charge on any atom is 0.340 e.